The zero-order chi connectivity index (χ0) is 14.1. The average Bonchev–Trinajstić information content (AvgIpc) is 2.41. The van der Waals surface area contributed by atoms with Gasteiger partial charge in [-0.2, -0.15) is 0 Å². The van der Waals surface area contributed by atoms with Gasteiger partial charge in [-0.3, -0.25) is 0 Å². The third kappa shape index (κ3) is 5.63. The molecule has 2 N–H and O–H groups in total. The van der Waals surface area contributed by atoms with Gasteiger partial charge in [-0.15, -0.1) is 6.58 Å². The molecule has 4 nitrogen and oxygen atoms in total. The number of hydrogen-bond donors (Lipinski definition) is 2. The van der Waals surface area contributed by atoms with Crippen LogP contribution in [0.4, 0.5) is 0 Å². The second-order valence-electron chi connectivity index (χ2n) is 4.00. The Balaban J connectivity index is 2.33. The van der Waals surface area contributed by atoms with Gasteiger partial charge in [0, 0.05) is 13.1 Å². The number of nitrogens with one attached hydrogen (secondary N) is 1. The van der Waals surface area contributed by atoms with Crippen molar-refractivity contribution in [1.29, 1.82) is 0 Å². The van der Waals surface area contributed by atoms with Crippen LogP contribution < -0.4 is 10.1 Å². The Labute approximate surface area is 122 Å². The summed E-state index contributed by atoms with van der Waals surface area (Å²) in [6.07, 6.45) is 2.72. The van der Waals surface area contributed by atoms with Crippen LogP contribution in [-0.4, -0.2) is 32.0 Å². The normalized spacial score (nSPS) is 10.4. The van der Waals surface area contributed by atoms with E-state index in [4.69, 9.17) is 9.47 Å². The van der Waals surface area contributed by atoms with E-state index in [2.05, 4.69) is 27.8 Å². The molecule has 0 aliphatic rings. The third-order valence-electron chi connectivity index (χ3n) is 2.53. The lowest BCUT2D eigenvalue weighted by molar-refractivity contribution is 0.140. The smallest absolute Gasteiger partial charge is 0.172 e. The zero-order valence-electron chi connectivity index (χ0n) is 11.1. The van der Waals surface area contributed by atoms with E-state index in [1.54, 1.807) is 0 Å². The molecule has 1 rings (SSSR count). The highest BCUT2D eigenvalue weighted by Crippen LogP contribution is 2.35. The van der Waals surface area contributed by atoms with Crippen LogP contribution in [0.25, 0.3) is 0 Å². The molecule has 1 aromatic rings. The predicted octanol–water partition coefficient (Wildman–Crippen LogP) is 2.85. The molecule has 0 saturated heterocycles. The number of phenolic OH excluding ortho intramolecular Hbond substituents is 1. The van der Waals surface area contributed by atoms with Crippen LogP contribution in [0.5, 0.6) is 11.5 Å². The number of ether oxygens (including phenoxy) is 2. The molecule has 0 fully saturated rings. The average molecular weight is 330 g/mol. The van der Waals surface area contributed by atoms with Crippen molar-refractivity contribution in [2.24, 2.45) is 0 Å². The maximum atomic E-state index is 9.69. The van der Waals surface area contributed by atoms with Crippen LogP contribution in [0.2, 0.25) is 0 Å². The summed E-state index contributed by atoms with van der Waals surface area (Å²) < 4.78 is 11.1. The van der Waals surface area contributed by atoms with Gasteiger partial charge in [-0.25, -0.2) is 0 Å². The molecule has 0 unspecified atom stereocenters. The highest BCUT2D eigenvalue weighted by Gasteiger charge is 2.08. The Morgan fingerprint density at radius 3 is 2.89 bits per heavy atom. The SMILES string of the molecule is C=CCCOCCNCc1cc(Br)c(O)c(OC)c1. The minimum absolute atomic E-state index is 0.124. The summed E-state index contributed by atoms with van der Waals surface area (Å²) in [6, 6.07) is 3.68. The van der Waals surface area contributed by atoms with Crippen LogP contribution in [-0.2, 0) is 11.3 Å². The number of benzene rings is 1. The van der Waals surface area contributed by atoms with Gasteiger partial charge in [0.15, 0.2) is 11.5 Å². The standard InChI is InChI=1S/C14H20BrNO3/c1-3-4-6-19-7-5-16-10-11-8-12(15)14(17)13(9-11)18-2/h3,8-9,16-17H,1,4-7,10H2,2H3. The summed E-state index contributed by atoms with van der Waals surface area (Å²) in [5, 5.41) is 13.0. The minimum Gasteiger partial charge on any atom is -0.503 e. The molecular weight excluding hydrogens is 310 g/mol. The lowest BCUT2D eigenvalue weighted by Crippen LogP contribution is -2.19. The Hall–Kier alpha value is -1.04. The van der Waals surface area contributed by atoms with Crippen LogP contribution in [0.15, 0.2) is 29.3 Å². The number of phenols is 1. The van der Waals surface area contributed by atoms with Crippen LogP contribution in [0.3, 0.4) is 0 Å². The fraction of sp³-hybridized carbons (Fsp3) is 0.429. The van der Waals surface area contributed by atoms with Gasteiger partial charge in [0.05, 0.1) is 24.8 Å². The molecule has 0 heterocycles. The van der Waals surface area contributed by atoms with E-state index >= 15 is 0 Å². The molecular formula is C14H20BrNO3. The summed E-state index contributed by atoms with van der Waals surface area (Å²) in [5.74, 6) is 0.590. The van der Waals surface area contributed by atoms with Crippen molar-refractivity contribution in [2.45, 2.75) is 13.0 Å². The van der Waals surface area contributed by atoms with Crippen molar-refractivity contribution in [3.8, 4) is 11.5 Å². The second kappa shape index (κ2) is 8.96. The molecule has 1 aromatic carbocycles. The van der Waals surface area contributed by atoms with Crippen LogP contribution in [0, 0.1) is 0 Å². The van der Waals surface area contributed by atoms with Gasteiger partial charge >= 0.3 is 0 Å². The molecule has 0 saturated carbocycles. The molecule has 0 atom stereocenters. The first kappa shape index (κ1) is 16.0. The Morgan fingerprint density at radius 2 is 2.21 bits per heavy atom. The first-order valence-electron chi connectivity index (χ1n) is 6.13. The summed E-state index contributed by atoms with van der Waals surface area (Å²) in [7, 11) is 1.53. The lowest BCUT2D eigenvalue weighted by atomic mass is 10.2. The summed E-state index contributed by atoms with van der Waals surface area (Å²) in [6.45, 7) is 6.49. The molecule has 106 valence electrons. The molecule has 0 aliphatic carbocycles. The molecule has 19 heavy (non-hydrogen) atoms. The van der Waals surface area contributed by atoms with Gasteiger partial charge in [0.1, 0.15) is 0 Å². The van der Waals surface area contributed by atoms with Gasteiger partial charge in [0.25, 0.3) is 0 Å². The molecule has 0 amide bonds. The van der Waals surface area contributed by atoms with Gasteiger partial charge < -0.3 is 19.9 Å². The molecule has 0 bridgehead atoms. The monoisotopic (exact) mass is 329 g/mol. The lowest BCUT2D eigenvalue weighted by Gasteiger charge is -2.10. The van der Waals surface area contributed by atoms with Gasteiger partial charge in [0.2, 0.25) is 0 Å². The first-order chi connectivity index (χ1) is 9.19. The van der Waals surface area contributed by atoms with E-state index in [-0.39, 0.29) is 5.75 Å². The molecule has 0 aliphatic heterocycles. The Bertz CT molecular complexity index is 410. The van der Waals surface area contributed by atoms with Crippen molar-refractivity contribution in [2.75, 3.05) is 26.9 Å². The summed E-state index contributed by atoms with van der Waals surface area (Å²) >= 11 is 3.30. The zero-order valence-corrected chi connectivity index (χ0v) is 12.7. The molecule has 5 heteroatoms. The maximum Gasteiger partial charge on any atom is 0.172 e. The van der Waals surface area contributed by atoms with E-state index in [1.807, 2.05) is 18.2 Å². The summed E-state index contributed by atoms with van der Waals surface area (Å²) in [4.78, 5) is 0. The van der Waals surface area contributed by atoms with Gasteiger partial charge in [-0.1, -0.05) is 6.08 Å². The van der Waals surface area contributed by atoms with E-state index < -0.39 is 0 Å². The fourth-order valence-electron chi connectivity index (χ4n) is 1.53. The quantitative estimate of drug-likeness (QED) is 0.540. The number of rotatable bonds is 9. The van der Waals surface area contributed by atoms with Gasteiger partial charge in [-0.05, 0) is 40.0 Å². The van der Waals surface area contributed by atoms with E-state index in [0.29, 0.717) is 30.0 Å². The Morgan fingerprint density at radius 1 is 1.42 bits per heavy atom. The first-order valence-corrected chi connectivity index (χ1v) is 6.93. The predicted molar refractivity (Wildman–Crippen MR) is 79.7 cm³/mol. The van der Waals surface area contributed by atoms with Crippen molar-refractivity contribution < 1.29 is 14.6 Å². The largest absolute Gasteiger partial charge is 0.503 e. The maximum absolute atomic E-state index is 9.69. The fourth-order valence-corrected chi connectivity index (χ4v) is 2.02. The van der Waals surface area contributed by atoms with E-state index in [0.717, 1.165) is 18.5 Å². The highest BCUT2D eigenvalue weighted by atomic mass is 79.9. The molecule has 0 spiro atoms. The van der Waals surface area contributed by atoms with Crippen molar-refractivity contribution in [3.63, 3.8) is 0 Å². The Kier molecular flexibility index (Phi) is 7.55. The highest BCUT2D eigenvalue weighted by molar-refractivity contribution is 9.10. The van der Waals surface area contributed by atoms with Crippen LogP contribution in [0.1, 0.15) is 12.0 Å². The molecule has 0 aromatic heterocycles. The van der Waals surface area contributed by atoms with E-state index in [9.17, 15) is 5.11 Å². The van der Waals surface area contributed by atoms with Crippen LogP contribution >= 0.6 is 15.9 Å². The minimum atomic E-state index is 0.124. The van der Waals surface area contributed by atoms with Crippen molar-refractivity contribution in [1.82, 2.24) is 5.32 Å². The number of hydrogen-bond acceptors (Lipinski definition) is 4. The van der Waals surface area contributed by atoms with Crippen molar-refractivity contribution >= 4 is 15.9 Å². The number of aromatic hydroxyl groups is 1. The molecule has 0 radical (unpaired) electrons. The number of halogens is 1. The number of methoxy groups -OCH3 is 1. The van der Waals surface area contributed by atoms with E-state index in [1.165, 1.54) is 7.11 Å². The topological polar surface area (TPSA) is 50.7 Å². The third-order valence-corrected chi connectivity index (χ3v) is 3.13. The van der Waals surface area contributed by atoms with Crippen molar-refractivity contribution in [3.05, 3.63) is 34.8 Å². The summed E-state index contributed by atoms with van der Waals surface area (Å²) in [5.41, 5.74) is 1.03. The second-order valence-corrected chi connectivity index (χ2v) is 4.85.